The molecular weight excluding hydrogens is 356 g/mol. The summed E-state index contributed by atoms with van der Waals surface area (Å²) in [5.41, 5.74) is 3.57. The van der Waals surface area contributed by atoms with Gasteiger partial charge in [-0.3, -0.25) is 4.79 Å². The van der Waals surface area contributed by atoms with Crippen molar-refractivity contribution in [1.82, 2.24) is 15.3 Å². The number of amides is 1. The van der Waals surface area contributed by atoms with Crippen LogP contribution in [0.3, 0.4) is 0 Å². The minimum Gasteiger partial charge on any atom is -0.369 e. The van der Waals surface area contributed by atoms with Crippen molar-refractivity contribution < 1.29 is 4.79 Å². The number of thiophene rings is 1. The van der Waals surface area contributed by atoms with Crippen LogP contribution in [0.1, 0.15) is 37.1 Å². The summed E-state index contributed by atoms with van der Waals surface area (Å²) in [4.78, 5) is 23.1. The number of fused-ring (bicyclic) bond motifs is 1. The summed E-state index contributed by atoms with van der Waals surface area (Å²) < 4.78 is 0. The van der Waals surface area contributed by atoms with Crippen molar-refractivity contribution in [3.05, 3.63) is 41.0 Å². The molecule has 0 aliphatic heterocycles. The fourth-order valence-electron chi connectivity index (χ4n) is 2.99. The van der Waals surface area contributed by atoms with Crippen molar-refractivity contribution in [1.29, 1.82) is 0 Å². The number of aromatic nitrogens is 2. The Labute approximate surface area is 164 Å². The Hall–Kier alpha value is -2.47. The molecule has 27 heavy (non-hydrogen) atoms. The third-order valence-corrected chi connectivity index (χ3v) is 5.68. The van der Waals surface area contributed by atoms with E-state index in [0.29, 0.717) is 13.0 Å². The standard InChI is InChI=1S/C21H26N4OS/c1-5-14(3)25-17(26)10-11-22-20-19-18(16-8-6-13(2)7-9-16)15(4)27-21(19)24-12-23-20/h6-9,12,14H,5,10-11H2,1-4H3,(H,25,26)(H,22,23,24). The lowest BCUT2D eigenvalue weighted by molar-refractivity contribution is -0.121. The third-order valence-electron chi connectivity index (χ3n) is 4.67. The van der Waals surface area contributed by atoms with Gasteiger partial charge in [-0.2, -0.15) is 0 Å². The van der Waals surface area contributed by atoms with Gasteiger partial charge in [0.15, 0.2) is 0 Å². The predicted molar refractivity (Wildman–Crippen MR) is 113 cm³/mol. The van der Waals surface area contributed by atoms with Crippen molar-refractivity contribution in [2.24, 2.45) is 0 Å². The number of hydrogen-bond acceptors (Lipinski definition) is 5. The normalized spacial score (nSPS) is 12.1. The smallest absolute Gasteiger partial charge is 0.221 e. The van der Waals surface area contributed by atoms with Crippen LogP contribution in [-0.4, -0.2) is 28.5 Å². The van der Waals surface area contributed by atoms with Gasteiger partial charge >= 0.3 is 0 Å². The summed E-state index contributed by atoms with van der Waals surface area (Å²) in [7, 11) is 0. The maximum Gasteiger partial charge on any atom is 0.221 e. The van der Waals surface area contributed by atoms with Gasteiger partial charge in [-0.25, -0.2) is 9.97 Å². The minimum absolute atomic E-state index is 0.0578. The van der Waals surface area contributed by atoms with E-state index in [0.717, 1.165) is 28.0 Å². The molecule has 1 unspecified atom stereocenters. The molecule has 3 aromatic rings. The highest BCUT2D eigenvalue weighted by Crippen LogP contribution is 2.40. The number of carbonyl (C=O) groups excluding carboxylic acids is 1. The van der Waals surface area contributed by atoms with Crippen LogP contribution in [-0.2, 0) is 4.79 Å². The molecule has 0 bridgehead atoms. The van der Waals surface area contributed by atoms with Crippen LogP contribution in [0.2, 0.25) is 0 Å². The Morgan fingerprint density at radius 2 is 1.93 bits per heavy atom. The van der Waals surface area contributed by atoms with Crippen molar-refractivity contribution in [3.63, 3.8) is 0 Å². The maximum atomic E-state index is 12.0. The Kier molecular flexibility index (Phi) is 6.06. The summed E-state index contributed by atoms with van der Waals surface area (Å²) in [5, 5.41) is 7.36. The molecule has 0 fully saturated rings. The molecule has 0 saturated heterocycles. The molecule has 0 aliphatic carbocycles. The van der Waals surface area contributed by atoms with Gasteiger partial charge < -0.3 is 10.6 Å². The lowest BCUT2D eigenvalue weighted by atomic mass is 10.0. The fourth-order valence-corrected chi connectivity index (χ4v) is 4.00. The van der Waals surface area contributed by atoms with Crippen molar-refractivity contribution in [2.45, 2.75) is 46.6 Å². The molecule has 1 atom stereocenters. The van der Waals surface area contributed by atoms with E-state index in [1.165, 1.54) is 16.0 Å². The first-order valence-corrected chi connectivity index (χ1v) is 10.2. The second-order valence-corrected chi connectivity index (χ2v) is 8.06. The van der Waals surface area contributed by atoms with E-state index in [4.69, 9.17) is 0 Å². The molecule has 0 aliphatic rings. The average molecular weight is 383 g/mol. The van der Waals surface area contributed by atoms with E-state index in [-0.39, 0.29) is 11.9 Å². The Morgan fingerprint density at radius 3 is 2.63 bits per heavy atom. The Balaban J connectivity index is 1.84. The quantitative estimate of drug-likeness (QED) is 0.622. The van der Waals surface area contributed by atoms with Gasteiger partial charge in [-0.15, -0.1) is 11.3 Å². The summed E-state index contributed by atoms with van der Waals surface area (Å²) in [6.45, 7) is 8.82. The molecule has 6 heteroatoms. The average Bonchev–Trinajstić information content (AvgIpc) is 2.99. The number of rotatable bonds is 7. The molecule has 5 nitrogen and oxygen atoms in total. The largest absolute Gasteiger partial charge is 0.369 e. The number of carbonyl (C=O) groups is 1. The van der Waals surface area contributed by atoms with Crippen LogP contribution in [0, 0.1) is 13.8 Å². The monoisotopic (exact) mass is 382 g/mol. The molecule has 1 amide bonds. The predicted octanol–water partition coefficient (Wildman–Crippen LogP) is 4.69. The maximum absolute atomic E-state index is 12.0. The highest BCUT2D eigenvalue weighted by molar-refractivity contribution is 7.19. The highest BCUT2D eigenvalue weighted by Gasteiger charge is 2.16. The summed E-state index contributed by atoms with van der Waals surface area (Å²) in [5.74, 6) is 0.846. The first-order valence-electron chi connectivity index (χ1n) is 9.34. The lowest BCUT2D eigenvalue weighted by Gasteiger charge is -2.12. The lowest BCUT2D eigenvalue weighted by Crippen LogP contribution is -2.33. The van der Waals surface area contributed by atoms with Crippen LogP contribution in [0.25, 0.3) is 21.3 Å². The second kappa shape index (κ2) is 8.48. The fraction of sp³-hybridized carbons (Fsp3) is 0.381. The molecule has 3 rings (SSSR count). The van der Waals surface area contributed by atoms with E-state index >= 15 is 0 Å². The molecule has 2 heterocycles. The molecule has 2 aromatic heterocycles. The van der Waals surface area contributed by atoms with Gasteiger partial charge in [0.25, 0.3) is 0 Å². The molecule has 2 N–H and O–H groups in total. The van der Waals surface area contributed by atoms with Gasteiger partial charge in [-0.1, -0.05) is 36.8 Å². The summed E-state index contributed by atoms with van der Waals surface area (Å²) in [6.07, 6.45) is 2.93. The molecule has 0 spiro atoms. The minimum atomic E-state index is 0.0578. The molecule has 142 valence electrons. The van der Waals surface area contributed by atoms with Crippen LogP contribution in [0.5, 0.6) is 0 Å². The van der Waals surface area contributed by atoms with Crippen molar-refractivity contribution in [3.8, 4) is 11.1 Å². The van der Waals surface area contributed by atoms with Gasteiger partial charge in [-0.05, 0) is 32.8 Å². The van der Waals surface area contributed by atoms with Gasteiger partial charge in [0.2, 0.25) is 5.91 Å². The van der Waals surface area contributed by atoms with Gasteiger partial charge in [0.05, 0.1) is 5.39 Å². The van der Waals surface area contributed by atoms with Crippen LogP contribution in [0.4, 0.5) is 5.82 Å². The molecule has 0 radical (unpaired) electrons. The number of aryl methyl sites for hydroxylation is 2. The van der Waals surface area contributed by atoms with E-state index in [9.17, 15) is 4.79 Å². The van der Waals surface area contributed by atoms with Crippen LogP contribution in [0.15, 0.2) is 30.6 Å². The SMILES string of the molecule is CCC(C)NC(=O)CCNc1ncnc2sc(C)c(-c3ccc(C)cc3)c12. The number of hydrogen-bond donors (Lipinski definition) is 2. The first kappa shape index (κ1) is 19.3. The Morgan fingerprint density at radius 1 is 1.19 bits per heavy atom. The Bertz CT molecular complexity index is 933. The summed E-state index contributed by atoms with van der Waals surface area (Å²) in [6, 6.07) is 8.72. The molecule has 0 saturated carbocycles. The first-order chi connectivity index (χ1) is 13.0. The molecule has 1 aromatic carbocycles. The van der Waals surface area contributed by atoms with E-state index in [1.807, 2.05) is 6.92 Å². The zero-order valence-corrected chi connectivity index (χ0v) is 17.1. The van der Waals surface area contributed by atoms with Crippen LogP contribution >= 0.6 is 11.3 Å². The van der Waals surface area contributed by atoms with E-state index in [2.05, 4.69) is 65.6 Å². The highest BCUT2D eigenvalue weighted by atomic mass is 32.1. The van der Waals surface area contributed by atoms with Gasteiger partial charge in [0, 0.05) is 29.4 Å². The van der Waals surface area contributed by atoms with E-state index in [1.54, 1.807) is 17.7 Å². The number of anilines is 1. The molecular formula is C21H26N4OS. The summed E-state index contributed by atoms with van der Waals surface area (Å²) >= 11 is 1.67. The number of benzene rings is 1. The third kappa shape index (κ3) is 4.45. The second-order valence-electron chi connectivity index (χ2n) is 6.86. The zero-order chi connectivity index (χ0) is 19.4. The number of nitrogens with zero attached hydrogens (tertiary/aromatic N) is 2. The van der Waals surface area contributed by atoms with Crippen LogP contribution < -0.4 is 10.6 Å². The van der Waals surface area contributed by atoms with Gasteiger partial charge in [0.1, 0.15) is 17.0 Å². The van der Waals surface area contributed by atoms with E-state index < -0.39 is 0 Å². The van der Waals surface area contributed by atoms with Crippen molar-refractivity contribution >= 4 is 33.3 Å². The number of nitrogens with one attached hydrogen (secondary N) is 2. The topological polar surface area (TPSA) is 66.9 Å². The van der Waals surface area contributed by atoms with Crippen molar-refractivity contribution in [2.75, 3.05) is 11.9 Å². The zero-order valence-electron chi connectivity index (χ0n) is 16.3.